The number of Topliss-reactive ketones (excluding diaryl/α,β-unsaturated/α-hetero) is 1. The zero-order valence-electron chi connectivity index (χ0n) is 19.0. The van der Waals surface area contributed by atoms with Gasteiger partial charge in [-0.15, -0.1) is 13.2 Å². The molecule has 2 aromatic heterocycles. The highest BCUT2D eigenvalue weighted by molar-refractivity contribution is 6.06. The molecule has 36 heavy (non-hydrogen) atoms. The number of carbonyl (C=O) groups is 3. The Morgan fingerprint density at radius 1 is 1.17 bits per heavy atom. The number of benzene rings is 1. The summed E-state index contributed by atoms with van der Waals surface area (Å²) in [5.41, 5.74) is 1.00. The molecule has 2 fully saturated rings. The third-order valence-corrected chi connectivity index (χ3v) is 6.22. The largest absolute Gasteiger partial charge is 0.573 e. The lowest BCUT2D eigenvalue weighted by Crippen LogP contribution is -2.43. The van der Waals surface area contributed by atoms with Gasteiger partial charge in [-0.2, -0.15) is 0 Å². The van der Waals surface area contributed by atoms with Crippen LogP contribution in [-0.4, -0.2) is 50.9 Å². The minimum atomic E-state index is -4.86. The number of rotatable bonds is 6. The lowest BCUT2D eigenvalue weighted by molar-refractivity contribution is -0.274. The second-order valence-corrected chi connectivity index (χ2v) is 8.76. The van der Waals surface area contributed by atoms with Gasteiger partial charge in [0.2, 0.25) is 5.91 Å². The molecule has 0 bridgehead atoms. The average Bonchev–Trinajstić information content (AvgIpc) is 3.29. The molecule has 1 aromatic carbocycles. The van der Waals surface area contributed by atoms with E-state index in [0.29, 0.717) is 23.0 Å². The smallest absolute Gasteiger partial charge is 0.425 e. The molecule has 0 radical (unpaired) electrons. The third-order valence-electron chi connectivity index (χ3n) is 6.22. The minimum Gasteiger partial charge on any atom is -0.425 e. The maximum Gasteiger partial charge on any atom is 0.573 e. The monoisotopic (exact) mass is 502 g/mol. The molecule has 9 nitrogen and oxygen atoms in total. The summed E-state index contributed by atoms with van der Waals surface area (Å²) in [5, 5.41) is 3.02. The molecule has 0 spiro atoms. The third kappa shape index (κ3) is 4.83. The molecular weight excluding hydrogens is 481 g/mol. The van der Waals surface area contributed by atoms with Crippen molar-refractivity contribution in [1.29, 1.82) is 0 Å². The summed E-state index contributed by atoms with van der Waals surface area (Å²) in [6.45, 7) is 1.35. The normalized spacial score (nSPS) is 20.7. The van der Waals surface area contributed by atoms with Crippen LogP contribution >= 0.6 is 0 Å². The summed E-state index contributed by atoms with van der Waals surface area (Å²) in [4.78, 5) is 43.6. The van der Waals surface area contributed by atoms with Crippen molar-refractivity contribution in [1.82, 2.24) is 14.5 Å². The van der Waals surface area contributed by atoms with Crippen LogP contribution < -0.4 is 10.1 Å². The van der Waals surface area contributed by atoms with Crippen LogP contribution in [0, 0.1) is 5.92 Å². The van der Waals surface area contributed by atoms with Gasteiger partial charge in [-0.3, -0.25) is 14.9 Å². The number of nitrogens with zero attached hydrogens (tertiary/aromatic N) is 3. The summed E-state index contributed by atoms with van der Waals surface area (Å²) in [6.07, 6.45) is -2.16. The van der Waals surface area contributed by atoms with Gasteiger partial charge in [-0.25, -0.2) is 9.78 Å². The summed E-state index contributed by atoms with van der Waals surface area (Å²) < 4.78 is 48.3. The maximum atomic E-state index is 13.3. The fourth-order valence-electron chi connectivity index (χ4n) is 4.66. The number of amides is 2. The standard InChI is InChI=1S/C24H21F3N4O5/c1-13(32)18-11-30(22-17(18)6-3-7-28-22)12-20(33)31-19-8-14(19)9-21(31)35-23(34)29-15-4-2-5-16(10-15)36-24(25,26)27/h2-7,10-11,14,19,21H,8-9,12H2,1H3,(H,29,34)/t14-,19-,21+/m1/s1. The molecule has 1 saturated carbocycles. The molecule has 2 aliphatic rings. The molecule has 1 N–H and O–H groups in total. The predicted molar refractivity (Wildman–Crippen MR) is 120 cm³/mol. The topological polar surface area (TPSA) is 103 Å². The number of hydrogen-bond donors (Lipinski definition) is 1. The number of ether oxygens (including phenoxy) is 2. The quantitative estimate of drug-likeness (QED) is 0.504. The zero-order valence-corrected chi connectivity index (χ0v) is 19.0. The number of halogens is 3. The number of nitrogens with one attached hydrogen (secondary N) is 1. The van der Waals surface area contributed by atoms with Crippen molar-refractivity contribution >= 4 is 34.5 Å². The van der Waals surface area contributed by atoms with Crippen molar-refractivity contribution in [2.24, 2.45) is 5.92 Å². The zero-order chi connectivity index (χ0) is 25.6. The van der Waals surface area contributed by atoms with Crippen molar-refractivity contribution in [3.63, 3.8) is 0 Å². The Morgan fingerprint density at radius 2 is 1.97 bits per heavy atom. The van der Waals surface area contributed by atoms with E-state index in [4.69, 9.17) is 4.74 Å². The predicted octanol–water partition coefficient (Wildman–Crippen LogP) is 4.33. The van der Waals surface area contributed by atoms with Gasteiger partial charge in [0.1, 0.15) is 17.9 Å². The molecule has 0 unspecified atom stereocenters. The first-order chi connectivity index (χ1) is 17.1. The number of hydrogen-bond acceptors (Lipinski definition) is 6. The van der Waals surface area contributed by atoms with E-state index in [1.54, 1.807) is 29.1 Å². The second kappa shape index (κ2) is 8.85. The number of anilines is 1. The first kappa shape index (κ1) is 23.6. The van der Waals surface area contributed by atoms with E-state index in [-0.39, 0.29) is 35.9 Å². The fourth-order valence-corrected chi connectivity index (χ4v) is 4.66. The van der Waals surface area contributed by atoms with Crippen LogP contribution in [-0.2, 0) is 16.1 Å². The van der Waals surface area contributed by atoms with Gasteiger partial charge in [0.05, 0.1) is 0 Å². The first-order valence-corrected chi connectivity index (χ1v) is 11.2. The van der Waals surface area contributed by atoms with Gasteiger partial charge in [-0.1, -0.05) is 6.07 Å². The highest BCUT2D eigenvalue weighted by Gasteiger charge is 2.55. The Balaban J connectivity index is 1.27. The number of ketones is 1. The summed E-state index contributed by atoms with van der Waals surface area (Å²) >= 11 is 0. The Bertz CT molecular complexity index is 1360. The average molecular weight is 502 g/mol. The summed E-state index contributed by atoms with van der Waals surface area (Å²) in [7, 11) is 0. The van der Waals surface area contributed by atoms with Crippen LogP contribution in [0.4, 0.5) is 23.7 Å². The lowest BCUT2D eigenvalue weighted by Gasteiger charge is -2.27. The summed E-state index contributed by atoms with van der Waals surface area (Å²) in [5.74, 6) is -0.722. The van der Waals surface area contributed by atoms with Gasteiger partial charge in [-0.05, 0) is 43.5 Å². The van der Waals surface area contributed by atoms with E-state index >= 15 is 0 Å². The Kier molecular flexibility index (Phi) is 5.81. The molecule has 1 aliphatic heterocycles. The Hall–Kier alpha value is -4.09. The van der Waals surface area contributed by atoms with Gasteiger partial charge >= 0.3 is 12.5 Å². The number of fused-ring (bicyclic) bond motifs is 2. The molecule has 188 valence electrons. The van der Waals surface area contributed by atoms with E-state index in [2.05, 4.69) is 15.0 Å². The van der Waals surface area contributed by atoms with E-state index < -0.39 is 24.4 Å². The van der Waals surface area contributed by atoms with E-state index in [1.807, 2.05) is 0 Å². The molecule has 3 heterocycles. The van der Waals surface area contributed by atoms with Crippen molar-refractivity contribution in [3.05, 3.63) is 54.4 Å². The van der Waals surface area contributed by atoms with Crippen molar-refractivity contribution < 1.29 is 37.0 Å². The van der Waals surface area contributed by atoms with Crippen molar-refractivity contribution in [2.75, 3.05) is 5.32 Å². The molecule has 2 amide bonds. The molecule has 5 rings (SSSR count). The number of alkyl halides is 3. The highest BCUT2D eigenvalue weighted by atomic mass is 19.4. The van der Waals surface area contributed by atoms with E-state index in [0.717, 1.165) is 18.6 Å². The number of likely N-dealkylation sites (tertiary alicyclic amines) is 1. The fraction of sp³-hybridized carbons (Fsp3) is 0.333. The van der Waals surface area contributed by atoms with E-state index in [1.165, 1.54) is 24.0 Å². The highest BCUT2D eigenvalue weighted by Crippen LogP contribution is 2.48. The minimum absolute atomic E-state index is 0.0458. The second-order valence-electron chi connectivity index (χ2n) is 8.76. The summed E-state index contributed by atoms with van der Waals surface area (Å²) in [6, 6.07) is 8.22. The molecule has 12 heteroatoms. The van der Waals surface area contributed by atoms with Crippen LogP contribution in [0.25, 0.3) is 11.0 Å². The van der Waals surface area contributed by atoms with Crippen molar-refractivity contribution in [2.45, 2.75) is 44.9 Å². The SMILES string of the molecule is CC(=O)c1cn(CC(=O)N2[C@@H](OC(=O)Nc3cccc(OC(F)(F)F)c3)C[C@H]3C[C@H]32)c2ncccc12. The first-order valence-electron chi connectivity index (χ1n) is 11.2. The molecule has 3 aromatic rings. The Labute approximate surface area is 202 Å². The van der Waals surface area contributed by atoms with Crippen LogP contribution in [0.15, 0.2) is 48.8 Å². The van der Waals surface area contributed by atoms with Gasteiger partial charge in [0.25, 0.3) is 0 Å². The van der Waals surface area contributed by atoms with E-state index in [9.17, 15) is 27.6 Å². The number of pyridine rings is 1. The van der Waals surface area contributed by atoms with Gasteiger partial charge in [0.15, 0.2) is 12.0 Å². The van der Waals surface area contributed by atoms with Crippen LogP contribution in [0.3, 0.4) is 0 Å². The van der Waals surface area contributed by atoms with Crippen LogP contribution in [0.5, 0.6) is 5.75 Å². The Morgan fingerprint density at radius 3 is 2.72 bits per heavy atom. The van der Waals surface area contributed by atoms with Gasteiger partial charge in [0, 0.05) is 47.6 Å². The lowest BCUT2D eigenvalue weighted by atomic mass is 10.2. The molecule has 3 atom stereocenters. The number of piperidine rings is 1. The van der Waals surface area contributed by atoms with Gasteiger partial charge < -0.3 is 18.9 Å². The molecular formula is C24H21F3N4O5. The number of carbonyl (C=O) groups excluding carboxylic acids is 3. The molecule has 1 saturated heterocycles. The number of aromatic nitrogens is 2. The molecule has 1 aliphatic carbocycles. The van der Waals surface area contributed by atoms with Crippen LogP contribution in [0.2, 0.25) is 0 Å². The van der Waals surface area contributed by atoms with Crippen LogP contribution in [0.1, 0.15) is 30.1 Å². The van der Waals surface area contributed by atoms with Crippen molar-refractivity contribution in [3.8, 4) is 5.75 Å². The maximum absolute atomic E-state index is 13.3.